The van der Waals surface area contributed by atoms with Crippen molar-refractivity contribution in [1.29, 1.82) is 0 Å². The number of amides is 2. The minimum absolute atomic E-state index is 0.0326. The van der Waals surface area contributed by atoms with Crippen LogP contribution in [0.2, 0.25) is 0 Å². The Morgan fingerprint density at radius 1 is 1.00 bits per heavy atom. The first-order chi connectivity index (χ1) is 13.6. The summed E-state index contributed by atoms with van der Waals surface area (Å²) in [5.74, 6) is 1.02. The van der Waals surface area contributed by atoms with E-state index in [0.717, 1.165) is 30.0 Å². The number of aromatic nitrogens is 1. The molecule has 2 aliphatic rings. The van der Waals surface area contributed by atoms with E-state index < -0.39 is 6.04 Å². The second-order valence-corrected chi connectivity index (χ2v) is 7.78. The molecule has 0 saturated carbocycles. The number of fused-ring (bicyclic) bond motifs is 1. The molecule has 1 aromatic carbocycles. The Balaban J connectivity index is 1.46. The van der Waals surface area contributed by atoms with Crippen LogP contribution in [0, 0.1) is 5.92 Å². The van der Waals surface area contributed by atoms with Crippen LogP contribution in [0.25, 0.3) is 0 Å². The number of nitrogens with zero attached hydrogens (tertiary/aromatic N) is 4. The molecular formula is C22H26N4O2. The molecule has 3 heterocycles. The highest BCUT2D eigenvalue weighted by atomic mass is 16.2. The molecule has 28 heavy (non-hydrogen) atoms. The van der Waals surface area contributed by atoms with E-state index in [0.29, 0.717) is 19.6 Å². The molecule has 6 heteroatoms. The van der Waals surface area contributed by atoms with Crippen LogP contribution in [0.5, 0.6) is 0 Å². The van der Waals surface area contributed by atoms with Crippen LogP contribution < -0.4 is 4.90 Å². The van der Waals surface area contributed by atoms with Gasteiger partial charge in [0.25, 0.3) is 5.91 Å². The number of hydrogen-bond donors (Lipinski definition) is 0. The topological polar surface area (TPSA) is 56.8 Å². The van der Waals surface area contributed by atoms with Crippen molar-refractivity contribution in [3.8, 4) is 0 Å². The standard InChI is InChI=1S/C22H26N4O2/c1-16(2)20(26-15-17-7-3-4-8-18(17)21(26)27)22(28)25-13-11-24(12-14-25)19-9-5-6-10-23-19/h3-10,16,20H,11-15H2,1-2H3. The molecule has 1 atom stereocenters. The highest BCUT2D eigenvalue weighted by molar-refractivity contribution is 6.01. The zero-order valence-electron chi connectivity index (χ0n) is 16.4. The van der Waals surface area contributed by atoms with Gasteiger partial charge in [-0.2, -0.15) is 0 Å². The van der Waals surface area contributed by atoms with Gasteiger partial charge in [-0.1, -0.05) is 38.1 Å². The molecule has 0 spiro atoms. The summed E-state index contributed by atoms with van der Waals surface area (Å²) < 4.78 is 0. The van der Waals surface area contributed by atoms with E-state index in [4.69, 9.17) is 0 Å². The number of benzene rings is 1. The van der Waals surface area contributed by atoms with Gasteiger partial charge in [-0.15, -0.1) is 0 Å². The predicted octanol–water partition coefficient (Wildman–Crippen LogP) is 2.41. The van der Waals surface area contributed by atoms with E-state index in [9.17, 15) is 9.59 Å². The third-order valence-corrected chi connectivity index (χ3v) is 5.63. The summed E-state index contributed by atoms with van der Waals surface area (Å²) in [6, 6.07) is 13.1. The molecule has 6 nitrogen and oxygen atoms in total. The minimum Gasteiger partial charge on any atom is -0.353 e. The lowest BCUT2D eigenvalue weighted by molar-refractivity contribution is -0.138. The molecule has 0 aliphatic carbocycles. The van der Waals surface area contributed by atoms with Crippen LogP contribution in [-0.2, 0) is 11.3 Å². The van der Waals surface area contributed by atoms with Crippen LogP contribution in [0.4, 0.5) is 5.82 Å². The molecule has 2 aliphatic heterocycles. The Labute approximate surface area is 165 Å². The van der Waals surface area contributed by atoms with E-state index in [2.05, 4.69) is 9.88 Å². The minimum atomic E-state index is -0.429. The van der Waals surface area contributed by atoms with E-state index in [1.165, 1.54) is 0 Å². The fourth-order valence-electron chi connectivity index (χ4n) is 4.16. The number of hydrogen-bond acceptors (Lipinski definition) is 4. The molecule has 1 saturated heterocycles. The van der Waals surface area contributed by atoms with Gasteiger partial charge in [0, 0.05) is 44.5 Å². The average Bonchev–Trinajstić information content (AvgIpc) is 3.05. The van der Waals surface area contributed by atoms with Gasteiger partial charge in [-0.05, 0) is 29.7 Å². The lowest BCUT2D eigenvalue weighted by Gasteiger charge is -2.39. The number of carbonyl (C=O) groups excluding carboxylic acids is 2. The molecule has 1 unspecified atom stereocenters. The van der Waals surface area contributed by atoms with Crippen molar-refractivity contribution in [1.82, 2.24) is 14.8 Å². The average molecular weight is 378 g/mol. The van der Waals surface area contributed by atoms with Crippen LogP contribution in [0.15, 0.2) is 48.7 Å². The van der Waals surface area contributed by atoms with E-state index in [-0.39, 0.29) is 17.7 Å². The van der Waals surface area contributed by atoms with Crippen molar-refractivity contribution in [3.05, 3.63) is 59.8 Å². The number of rotatable bonds is 4. The molecule has 0 N–H and O–H groups in total. The molecule has 1 fully saturated rings. The summed E-state index contributed by atoms with van der Waals surface area (Å²) in [5, 5.41) is 0. The molecule has 0 radical (unpaired) electrons. The number of piperazine rings is 1. The molecule has 2 amide bonds. The smallest absolute Gasteiger partial charge is 0.255 e. The van der Waals surface area contributed by atoms with Crippen molar-refractivity contribution in [2.45, 2.75) is 26.4 Å². The predicted molar refractivity (Wildman–Crippen MR) is 108 cm³/mol. The molecule has 1 aromatic heterocycles. The summed E-state index contributed by atoms with van der Waals surface area (Å²) in [4.78, 5) is 36.5. The third-order valence-electron chi connectivity index (χ3n) is 5.63. The quantitative estimate of drug-likeness (QED) is 0.820. The normalized spacial score (nSPS) is 17.8. The zero-order chi connectivity index (χ0) is 19.7. The Morgan fingerprint density at radius 2 is 1.71 bits per heavy atom. The van der Waals surface area contributed by atoms with Crippen molar-refractivity contribution in [2.24, 2.45) is 5.92 Å². The highest BCUT2D eigenvalue weighted by Crippen LogP contribution is 2.28. The summed E-state index contributed by atoms with van der Waals surface area (Å²) in [7, 11) is 0. The SMILES string of the molecule is CC(C)C(C(=O)N1CCN(c2ccccn2)CC1)N1Cc2ccccc2C1=O. The van der Waals surface area contributed by atoms with Gasteiger partial charge in [-0.25, -0.2) is 4.98 Å². The summed E-state index contributed by atoms with van der Waals surface area (Å²) in [6.45, 7) is 7.34. The van der Waals surface area contributed by atoms with Gasteiger partial charge in [0.15, 0.2) is 0 Å². The highest BCUT2D eigenvalue weighted by Gasteiger charge is 2.40. The van der Waals surface area contributed by atoms with Gasteiger partial charge in [0.05, 0.1) is 0 Å². The summed E-state index contributed by atoms with van der Waals surface area (Å²) in [6.07, 6.45) is 1.79. The Bertz CT molecular complexity index is 860. The third kappa shape index (κ3) is 3.35. The number of carbonyl (C=O) groups is 2. The van der Waals surface area contributed by atoms with Gasteiger partial charge in [0.2, 0.25) is 5.91 Å². The summed E-state index contributed by atoms with van der Waals surface area (Å²) in [5.41, 5.74) is 1.73. The molecule has 146 valence electrons. The number of anilines is 1. The second-order valence-electron chi connectivity index (χ2n) is 7.78. The Hall–Kier alpha value is -2.89. The van der Waals surface area contributed by atoms with Crippen molar-refractivity contribution < 1.29 is 9.59 Å². The van der Waals surface area contributed by atoms with Crippen LogP contribution in [-0.4, -0.2) is 58.8 Å². The van der Waals surface area contributed by atoms with Gasteiger partial charge >= 0.3 is 0 Å². The Morgan fingerprint density at radius 3 is 2.36 bits per heavy atom. The molecule has 4 rings (SSSR count). The fourth-order valence-corrected chi connectivity index (χ4v) is 4.16. The van der Waals surface area contributed by atoms with Crippen molar-refractivity contribution in [3.63, 3.8) is 0 Å². The lowest BCUT2D eigenvalue weighted by Crippen LogP contribution is -2.56. The van der Waals surface area contributed by atoms with E-state index >= 15 is 0 Å². The molecule has 0 bridgehead atoms. The molecular weight excluding hydrogens is 352 g/mol. The van der Waals surface area contributed by atoms with Gasteiger partial charge in [-0.3, -0.25) is 9.59 Å². The monoisotopic (exact) mass is 378 g/mol. The zero-order valence-corrected chi connectivity index (χ0v) is 16.4. The van der Waals surface area contributed by atoms with E-state index in [1.807, 2.05) is 61.2 Å². The molecule has 2 aromatic rings. The van der Waals surface area contributed by atoms with Crippen LogP contribution >= 0.6 is 0 Å². The largest absolute Gasteiger partial charge is 0.353 e. The lowest BCUT2D eigenvalue weighted by atomic mass is 10.0. The maximum atomic E-state index is 13.4. The maximum absolute atomic E-state index is 13.4. The fraction of sp³-hybridized carbons (Fsp3) is 0.409. The Kier molecular flexibility index (Phi) is 5.03. The van der Waals surface area contributed by atoms with E-state index in [1.54, 1.807) is 11.1 Å². The van der Waals surface area contributed by atoms with Gasteiger partial charge < -0.3 is 14.7 Å². The van der Waals surface area contributed by atoms with Crippen molar-refractivity contribution >= 4 is 17.6 Å². The van der Waals surface area contributed by atoms with Crippen LogP contribution in [0.3, 0.4) is 0 Å². The van der Waals surface area contributed by atoms with Crippen molar-refractivity contribution in [2.75, 3.05) is 31.1 Å². The first kappa shape index (κ1) is 18.5. The first-order valence-corrected chi connectivity index (χ1v) is 9.90. The first-order valence-electron chi connectivity index (χ1n) is 9.90. The maximum Gasteiger partial charge on any atom is 0.255 e. The van der Waals surface area contributed by atoms with Crippen LogP contribution in [0.1, 0.15) is 29.8 Å². The second kappa shape index (κ2) is 7.62. The summed E-state index contributed by atoms with van der Waals surface area (Å²) >= 11 is 0. The number of pyridine rings is 1. The van der Waals surface area contributed by atoms with Gasteiger partial charge in [0.1, 0.15) is 11.9 Å².